The van der Waals surface area contributed by atoms with Crippen LogP contribution in [0.2, 0.25) is 0 Å². The molecule has 0 bridgehead atoms. The molecule has 2 unspecified atom stereocenters. The third-order valence-electron chi connectivity index (χ3n) is 2.36. The van der Waals surface area contributed by atoms with Gasteiger partial charge in [0.25, 0.3) is 5.91 Å². The van der Waals surface area contributed by atoms with Crippen molar-refractivity contribution in [2.24, 2.45) is 0 Å². The molecule has 94 valence electrons. The summed E-state index contributed by atoms with van der Waals surface area (Å²) < 4.78 is 0.833. The summed E-state index contributed by atoms with van der Waals surface area (Å²) in [6, 6.07) is 3.32. The van der Waals surface area contributed by atoms with Gasteiger partial charge >= 0.3 is 0 Å². The van der Waals surface area contributed by atoms with Gasteiger partial charge in [0, 0.05) is 22.0 Å². The van der Waals surface area contributed by atoms with Crippen LogP contribution in [0, 0.1) is 0 Å². The van der Waals surface area contributed by atoms with Crippen molar-refractivity contribution in [2.45, 2.75) is 18.2 Å². The summed E-state index contributed by atoms with van der Waals surface area (Å²) in [5.41, 5.74) is 0.373. The van der Waals surface area contributed by atoms with Crippen LogP contribution >= 0.6 is 27.7 Å². The largest absolute Gasteiger partial charge is 0.395 e. The molecule has 0 aliphatic heterocycles. The molecule has 2 atom stereocenters. The van der Waals surface area contributed by atoms with E-state index in [-0.39, 0.29) is 23.8 Å². The number of pyridine rings is 1. The molecular formula is C11H15BrN2O2S. The first-order chi connectivity index (χ1) is 8.08. The molecule has 17 heavy (non-hydrogen) atoms. The average molecular weight is 319 g/mol. The number of aliphatic hydroxyl groups is 1. The van der Waals surface area contributed by atoms with Crippen molar-refractivity contribution in [3.05, 3.63) is 28.5 Å². The normalized spacial score (nSPS) is 14.1. The highest BCUT2D eigenvalue weighted by Gasteiger charge is 2.18. The minimum absolute atomic E-state index is 0.00519. The van der Waals surface area contributed by atoms with Crippen molar-refractivity contribution in [1.29, 1.82) is 0 Å². The van der Waals surface area contributed by atoms with E-state index in [9.17, 15) is 4.79 Å². The predicted molar refractivity (Wildman–Crippen MR) is 73.3 cm³/mol. The van der Waals surface area contributed by atoms with Crippen LogP contribution in [0.1, 0.15) is 17.4 Å². The van der Waals surface area contributed by atoms with E-state index in [0.29, 0.717) is 5.69 Å². The first-order valence-electron chi connectivity index (χ1n) is 5.14. The first-order valence-corrected chi connectivity index (χ1v) is 7.22. The van der Waals surface area contributed by atoms with Gasteiger partial charge in [-0.1, -0.05) is 0 Å². The maximum Gasteiger partial charge on any atom is 0.270 e. The Bertz CT molecular complexity index is 368. The van der Waals surface area contributed by atoms with Gasteiger partial charge < -0.3 is 10.4 Å². The molecule has 1 heterocycles. The lowest BCUT2D eigenvalue weighted by Gasteiger charge is -2.20. The molecular weight excluding hydrogens is 304 g/mol. The molecule has 1 aromatic rings. The van der Waals surface area contributed by atoms with Gasteiger partial charge in [0.05, 0.1) is 6.61 Å². The van der Waals surface area contributed by atoms with Crippen molar-refractivity contribution < 1.29 is 9.90 Å². The highest BCUT2D eigenvalue weighted by atomic mass is 79.9. The summed E-state index contributed by atoms with van der Waals surface area (Å²) in [6.07, 6.45) is 3.49. The lowest BCUT2D eigenvalue weighted by Crippen LogP contribution is -2.41. The van der Waals surface area contributed by atoms with E-state index >= 15 is 0 Å². The number of thioether (sulfide) groups is 1. The molecule has 0 fully saturated rings. The van der Waals surface area contributed by atoms with E-state index in [0.717, 1.165) is 4.47 Å². The second kappa shape index (κ2) is 6.98. The fourth-order valence-corrected chi connectivity index (χ4v) is 2.18. The number of hydrogen-bond donors (Lipinski definition) is 2. The Morgan fingerprint density at radius 1 is 1.65 bits per heavy atom. The highest BCUT2D eigenvalue weighted by Crippen LogP contribution is 2.11. The van der Waals surface area contributed by atoms with Gasteiger partial charge in [-0.15, -0.1) is 0 Å². The summed E-state index contributed by atoms with van der Waals surface area (Å²) in [5.74, 6) is -0.225. The Morgan fingerprint density at radius 2 is 2.35 bits per heavy atom. The molecule has 0 aliphatic rings. The Kier molecular flexibility index (Phi) is 5.94. The van der Waals surface area contributed by atoms with E-state index in [1.807, 2.05) is 13.2 Å². The van der Waals surface area contributed by atoms with Crippen LogP contribution in [0.25, 0.3) is 0 Å². The molecule has 0 radical (unpaired) electrons. The Morgan fingerprint density at radius 3 is 2.82 bits per heavy atom. The zero-order valence-electron chi connectivity index (χ0n) is 9.68. The van der Waals surface area contributed by atoms with Crippen LogP contribution in [-0.4, -0.2) is 40.2 Å². The number of nitrogens with zero attached hydrogens (tertiary/aromatic N) is 1. The van der Waals surface area contributed by atoms with E-state index < -0.39 is 0 Å². The van der Waals surface area contributed by atoms with Gasteiger partial charge in [-0.05, 0) is 41.2 Å². The van der Waals surface area contributed by atoms with Gasteiger partial charge in [0.1, 0.15) is 5.69 Å². The number of aromatic nitrogens is 1. The topological polar surface area (TPSA) is 62.2 Å². The number of carbonyl (C=O) groups is 1. The van der Waals surface area contributed by atoms with Crippen molar-refractivity contribution in [1.82, 2.24) is 10.3 Å². The molecule has 6 heteroatoms. The fraction of sp³-hybridized carbons (Fsp3) is 0.455. The molecule has 0 spiro atoms. The fourth-order valence-electron chi connectivity index (χ4n) is 1.32. The first kappa shape index (κ1) is 14.5. The molecule has 0 saturated carbocycles. The predicted octanol–water partition coefficient (Wildman–Crippen LogP) is 1.69. The number of hydrogen-bond acceptors (Lipinski definition) is 4. The minimum Gasteiger partial charge on any atom is -0.395 e. The van der Waals surface area contributed by atoms with Crippen LogP contribution in [0.5, 0.6) is 0 Å². The van der Waals surface area contributed by atoms with Crippen molar-refractivity contribution in [2.75, 3.05) is 12.9 Å². The van der Waals surface area contributed by atoms with E-state index in [2.05, 4.69) is 26.2 Å². The molecule has 1 aromatic heterocycles. The molecule has 0 aromatic carbocycles. The van der Waals surface area contributed by atoms with Gasteiger partial charge in [0.15, 0.2) is 0 Å². The lowest BCUT2D eigenvalue weighted by atomic mass is 10.2. The second-order valence-electron chi connectivity index (χ2n) is 3.58. The number of carbonyl (C=O) groups excluding carboxylic acids is 1. The van der Waals surface area contributed by atoms with Gasteiger partial charge in [0.2, 0.25) is 0 Å². The zero-order chi connectivity index (χ0) is 12.8. The van der Waals surface area contributed by atoms with E-state index in [1.165, 1.54) is 11.8 Å². The Balaban J connectivity index is 2.62. The molecule has 2 N–H and O–H groups in total. The van der Waals surface area contributed by atoms with E-state index in [4.69, 9.17) is 5.11 Å². The quantitative estimate of drug-likeness (QED) is 0.867. The summed E-state index contributed by atoms with van der Waals surface area (Å²) in [4.78, 5) is 15.8. The SMILES string of the molecule is CSC(CO)C(C)NC(=O)c1ccc(Br)cn1. The van der Waals surface area contributed by atoms with E-state index in [1.54, 1.807) is 18.3 Å². The molecule has 1 rings (SSSR count). The monoisotopic (exact) mass is 318 g/mol. The van der Waals surface area contributed by atoms with Crippen molar-refractivity contribution in [3.8, 4) is 0 Å². The maximum atomic E-state index is 11.8. The maximum absolute atomic E-state index is 11.8. The Labute approximate surface area is 113 Å². The molecule has 0 aliphatic carbocycles. The van der Waals surface area contributed by atoms with Crippen molar-refractivity contribution in [3.63, 3.8) is 0 Å². The third-order valence-corrected chi connectivity index (χ3v) is 3.99. The van der Waals surface area contributed by atoms with Crippen LogP contribution in [0.4, 0.5) is 0 Å². The lowest BCUT2D eigenvalue weighted by molar-refractivity contribution is 0.0931. The van der Waals surface area contributed by atoms with Crippen LogP contribution < -0.4 is 5.32 Å². The van der Waals surface area contributed by atoms with Gasteiger partial charge in [-0.2, -0.15) is 11.8 Å². The van der Waals surface area contributed by atoms with Crippen LogP contribution in [0.15, 0.2) is 22.8 Å². The number of halogens is 1. The number of aliphatic hydroxyl groups excluding tert-OH is 1. The van der Waals surface area contributed by atoms with Gasteiger partial charge in [-0.25, -0.2) is 4.98 Å². The highest BCUT2D eigenvalue weighted by molar-refractivity contribution is 9.10. The zero-order valence-corrected chi connectivity index (χ0v) is 12.1. The summed E-state index contributed by atoms with van der Waals surface area (Å²) in [6.45, 7) is 1.91. The van der Waals surface area contributed by atoms with Gasteiger partial charge in [-0.3, -0.25) is 4.79 Å². The third kappa shape index (κ3) is 4.29. The number of rotatable bonds is 5. The molecule has 1 amide bonds. The summed E-state index contributed by atoms with van der Waals surface area (Å²) in [7, 11) is 0. The number of nitrogens with one attached hydrogen (secondary N) is 1. The number of amides is 1. The summed E-state index contributed by atoms with van der Waals surface area (Å²) in [5, 5.41) is 11.9. The smallest absolute Gasteiger partial charge is 0.270 e. The Hall–Kier alpha value is -0.590. The second-order valence-corrected chi connectivity index (χ2v) is 5.57. The summed E-state index contributed by atoms with van der Waals surface area (Å²) >= 11 is 4.79. The average Bonchev–Trinajstić information content (AvgIpc) is 2.31. The van der Waals surface area contributed by atoms with Crippen molar-refractivity contribution >= 4 is 33.6 Å². The molecule has 0 saturated heterocycles. The van der Waals surface area contributed by atoms with Crippen LogP contribution in [0.3, 0.4) is 0 Å². The molecule has 4 nitrogen and oxygen atoms in total. The van der Waals surface area contributed by atoms with Crippen LogP contribution in [-0.2, 0) is 0 Å². The minimum atomic E-state index is -0.225. The standard InChI is InChI=1S/C11H15BrN2O2S/c1-7(10(6-15)17-2)14-11(16)9-4-3-8(12)5-13-9/h3-5,7,10,15H,6H2,1-2H3,(H,14,16).